The largest absolute Gasteiger partial charge is 0.466 e. The van der Waals surface area contributed by atoms with Crippen LogP contribution in [0.3, 0.4) is 0 Å². The van der Waals surface area contributed by atoms with Crippen LogP contribution in [0.1, 0.15) is 25.3 Å². The summed E-state index contributed by atoms with van der Waals surface area (Å²) in [5.74, 6) is -11.5. The first-order valence-electron chi connectivity index (χ1n) is 10.4. The number of aliphatic hydroxyl groups is 2. The van der Waals surface area contributed by atoms with Crippen molar-refractivity contribution >= 4 is 17.6 Å². The van der Waals surface area contributed by atoms with E-state index in [0.29, 0.717) is 5.69 Å². The zero-order chi connectivity index (χ0) is 27.0. The summed E-state index contributed by atoms with van der Waals surface area (Å²) in [6, 6.07) is 4.83. The zero-order valence-electron chi connectivity index (χ0n) is 19.2. The van der Waals surface area contributed by atoms with Crippen LogP contribution in [0.25, 0.3) is 0 Å². The average Bonchev–Trinajstić information content (AvgIpc) is 2.71. The van der Waals surface area contributed by atoms with E-state index in [4.69, 9.17) is 0 Å². The molecule has 0 bridgehead atoms. The van der Waals surface area contributed by atoms with Crippen LogP contribution < -0.4 is 10.2 Å². The number of piperidine rings is 1. The Hall–Kier alpha value is -2.58. The number of carbonyl (C=O) groups is 2. The first-order valence-corrected chi connectivity index (χ1v) is 10.4. The molecule has 1 aromatic rings. The SMILES string of the molecule is CCOC(=O)[C@@H]1C(c2ccc(N(C)C)cc2)[C@H](C(=O)OCC)[C@@](O)(C(F)(F)F)N[C@@]1(O)C(F)(F)F. The molecule has 1 heterocycles. The van der Waals surface area contributed by atoms with E-state index in [1.165, 1.54) is 26.0 Å². The van der Waals surface area contributed by atoms with Crippen LogP contribution in [0.2, 0.25) is 0 Å². The summed E-state index contributed by atoms with van der Waals surface area (Å²) in [4.78, 5) is 27.1. The van der Waals surface area contributed by atoms with E-state index in [0.717, 1.165) is 17.4 Å². The average molecular weight is 516 g/mol. The monoisotopic (exact) mass is 516 g/mol. The fourth-order valence-electron chi connectivity index (χ4n) is 4.13. The lowest BCUT2D eigenvalue weighted by Crippen LogP contribution is -2.81. The standard InChI is InChI=1S/C21H26F6N2O6/c1-5-34-16(30)14-13(11-7-9-12(10-8-11)29(3)4)15(17(31)35-6-2)19(33,21(25,26)27)28-18(14,32)20(22,23)24/h7-10,13-15,28,32-33H,5-6H2,1-4H3/t13?,14-,15+,18-,19+. The molecule has 1 saturated heterocycles. The summed E-state index contributed by atoms with van der Waals surface area (Å²) in [5.41, 5.74) is -9.17. The van der Waals surface area contributed by atoms with E-state index < -0.39 is 66.7 Å². The normalized spacial score (nSPS) is 29.4. The molecular weight excluding hydrogens is 490 g/mol. The number of nitrogens with zero attached hydrogens (tertiary/aromatic N) is 1. The zero-order valence-corrected chi connectivity index (χ0v) is 19.2. The van der Waals surface area contributed by atoms with Crippen LogP contribution in [0.5, 0.6) is 0 Å². The van der Waals surface area contributed by atoms with Gasteiger partial charge in [-0.1, -0.05) is 12.1 Å². The number of alkyl halides is 6. The number of benzene rings is 1. The van der Waals surface area contributed by atoms with Crippen molar-refractivity contribution in [2.45, 2.75) is 43.6 Å². The molecule has 1 aromatic carbocycles. The number of nitrogens with one attached hydrogen (secondary N) is 1. The summed E-state index contributed by atoms with van der Waals surface area (Å²) in [6.45, 7) is 1.50. The van der Waals surface area contributed by atoms with Gasteiger partial charge in [-0.2, -0.15) is 26.3 Å². The number of anilines is 1. The quantitative estimate of drug-likeness (QED) is 0.391. The number of ether oxygens (including phenoxy) is 2. The van der Waals surface area contributed by atoms with Crippen molar-refractivity contribution in [1.82, 2.24) is 5.32 Å². The Bertz CT molecular complexity index is 874. The van der Waals surface area contributed by atoms with E-state index in [1.807, 2.05) is 0 Å². The molecule has 5 atom stereocenters. The molecule has 14 heteroatoms. The second-order valence-electron chi connectivity index (χ2n) is 8.12. The van der Waals surface area contributed by atoms with Crippen molar-refractivity contribution in [3.8, 4) is 0 Å². The highest BCUT2D eigenvalue weighted by molar-refractivity contribution is 5.81. The lowest BCUT2D eigenvalue weighted by Gasteiger charge is -2.54. The van der Waals surface area contributed by atoms with Gasteiger partial charge in [-0.3, -0.25) is 9.59 Å². The minimum absolute atomic E-state index is 0.376. The predicted molar refractivity (Wildman–Crippen MR) is 109 cm³/mol. The highest BCUT2D eigenvalue weighted by Gasteiger charge is 2.78. The number of hydrogen-bond donors (Lipinski definition) is 3. The second-order valence-corrected chi connectivity index (χ2v) is 8.12. The summed E-state index contributed by atoms with van der Waals surface area (Å²) in [5, 5.41) is 22.0. The van der Waals surface area contributed by atoms with Gasteiger partial charge in [0.05, 0.1) is 13.2 Å². The van der Waals surface area contributed by atoms with Gasteiger partial charge in [-0.25, -0.2) is 5.32 Å². The molecule has 8 nitrogen and oxygen atoms in total. The van der Waals surface area contributed by atoms with Gasteiger partial charge in [0, 0.05) is 25.7 Å². The van der Waals surface area contributed by atoms with E-state index >= 15 is 0 Å². The molecule has 1 aliphatic rings. The first kappa shape index (κ1) is 28.7. The fourth-order valence-corrected chi connectivity index (χ4v) is 4.13. The highest BCUT2D eigenvalue weighted by Crippen LogP contribution is 2.55. The number of carbonyl (C=O) groups excluding carboxylic acids is 2. The Balaban J connectivity index is 2.96. The molecule has 198 valence electrons. The van der Waals surface area contributed by atoms with Gasteiger partial charge in [0.25, 0.3) is 0 Å². The molecule has 1 unspecified atom stereocenters. The molecule has 0 aliphatic carbocycles. The maximum absolute atomic E-state index is 14.1. The van der Waals surface area contributed by atoms with Crippen molar-refractivity contribution in [3.05, 3.63) is 29.8 Å². The molecule has 0 amide bonds. The molecule has 0 spiro atoms. The Morgan fingerprint density at radius 1 is 0.886 bits per heavy atom. The lowest BCUT2D eigenvalue weighted by atomic mass is 9.64. The number of hydrogen-bond acceptors (Lipinski definition) is 8. The topological polar surface area (TPSA) is 108 Å². The van der Waals surface area contributed by atoms with Crippen molar-refractivity contribution in [2.24, 2.45) is 11.8 Å². The third-order valence-corrected chi connectivity index (χ3v) is 5.74. The third-order valence-electron chi connectivity index (χ3n) is 5.74. The Labute approximate surface area is 196 Å². The highest BCUT2D eigenvalue weighted by atomic mass is 19.4. The summed E-state index contributed by atoms with van der Waals surface area (Å²) >= 11 is 0. The van der Waals surface area contributed by atoms with Crippen LogP contribution in [0.15, 0.2) is 24.3 Å². The van der Waals surface area contributed by atoms with E-state index in [2.05, 4.69) is 9.47 Å². The second kappa shape index (κ2) is 9.82. The van der Waals surface area contributed by atoms with Crippen molar-refractivity contribution in [3.63, 3.8) is 0 Å². The van der Waals surface area contributed by atoms with Crippen molar-refractivity contribution in [1.29, 1.82) is 0 Å². The van der Waals surface area contributed by atoms with E-state index in [9.17, 15) is 46.1 Å². The van der Waals surface area contributed by atoms with E-state index in [1.54, 1.807) is 19.0 Å². The number of rotatable bonds is 6. The molecule has 0 aromatic heterocycles. The molecule has 1 aliphatic heterocycles. The molecule has 0 saturated carbocycles. The molecule has 3 N–H and O–H groups in total. The van der Waals surface area contributed by atoms with Crippen LogP contribution in [-0.2, 0) is 19.1 Å². The molecule has 2 rings (SSSR count). The number of esters is 2. The van der Waals surface area contributed by atoms with Gasteiger partial charge in [0.1, 0.15) is 11.8 Å². The van der Waals surface area contributed by atoms with Crippen molar-refractivity contribution in [2.75, 3.05) is 32.2 Å². The van der Waals surface area contributed by atoms with E-state index in [-0.39, 0.29) is 5.56 Å². The fraction of sp³-hybridized carbons (Fsp3) is 0.619. The van der Waals surface area contributed by atoms with Crippen LogP contribution in [0.4, 0.5) is 32.0 Å². The van der Waals surface area contributed by atoms with Crippen molar-refractivity contribution < 1.29 is 55.6 Å². The van der Waals surface area contributed by atoms with Gasteiger partial charge >= 0.3 is 24.3 Å². The molecule has 0 radical (unpaired) electrons. The summed E-state index contributed by atoms with van der Waals surface area (Å²) in [7, 11) is 3.24. The third kappa shape index (κ3) is 5.05. The van der Waals surface area contributed by atoms with Crippen LogP contribution in [0, 0.1) is 11.8 Å². The predicted octanol–water partition coefficient (Wildman–Crippen LogP) is 2.30. The van der Waals surface area contributed by atoms with Crippen LogP contribution >= 0.6 is 0 Å². The minimum Gasteiger partial charge on any atom is -0.466 e. The van der Waals surface area contributed by atoms with Gasteiger partial charge in [-0.15, -0.1) is 0 Å². The minimum atomic E-state index is -5.93. The lowest BCUT2D eigenvalue weighted by molar-refractivity contribution is -0.376. The molecular formula is C21H26F6N2O6. The van der Waals surface area contributed by atoms with Gasteiger partial charge in [-0.05, 0) is 31.5 Å². The maximum Gasteiger partial charge on any atom is 0.432 e. The first-order chi connectivity index (χ1) is 16.0. The molecule has 35 heavy (non-hydrogen) atoms. The van der Waals surface area contributed by atoms with Gasteiger partial charge < -0.3 is 24.6 Å². The van der Waals surface area contributed by atoms with Gasteiger partial charge in [0.2, 0.25) is 11.4 Å². The van der Waals surface area contributed by atoms with Crippen LogP contribution in [-0.4, -0.2) is 73.3 Å². The Morgan fingerprint density at radius 2 is 1.26 bits per heavy atom. The maximum atomic E-state index is 14.1. The summed E-state index contributed by atoms with van der Waals surface area (Å²) in [6.07, 6.45) is -11.9. The summed E-state index contributed by atoms with van der Waals surface area (Å²) < 4.78 is 94.1. The van der Waals surface area contributed by atoms with Gasteiger partial charge in [0.15, 0.2) is 0 Å². The Kier molecular flexibility index (Phi) is 8.04. The smallest absolute Gasteiger partial charge is 0.432 e. The number of halogens is 6. The molecule has 1 fully saturated rings. The Morgan fingerprint density at radius 3 is 1.54 bits per heavy atom.